The molecule has 0 aliphatic rings. The summed E-state index contributed by atoms with van der Waals surface area (Å²) in [5.41, 5.74) is 4.64. The number of aryl methyl sites for hydroxylation is 2. The molecule has 1 unspecified atom stereocenters. The molecule has 7 heteroatoms. The summed E-state index contributed by atoms with van der Waals surface area (Å²) in [6.45, 7) is 12.2. The Morgan fingerprint density at radius 2 is 1.82 bits per heavy atom. The molecule has 156 valence electrons. The average molecular weight is 498 g/mol. The Bertz CT molecular complexity index is 767. The number of rotatable bonds is 7. The van der Waals surface area contributed by atoms with Crippen molar-refractivity contribution in [1.29, 1.82) is 0 Å². The highest BCUT2D eigenvalue weighted by molar-refractivity contribution is 14.0. The monoisotopic (exact) mass is 498 g/mol. The summed E-state index contributed by atoms with van der Waals surface area (Å²) in [6.07, 6.45) is 0. The fraction of sp³-hybridized carbons (Fsp3) is 0.524. The zero-order valence-electron chi connectivity index (χ0n) is 18.1. The number of nitrogens with zero attached hydrogens (tertiary/aromatic N) is 3. The van der Waals surface area contributed by atoms with Crippen molar-refractivity contribution in [2.45, 2.75) is 52.7 Å². The van der Waals surface area contributed by atoms with Crippen LogP contribution in [0.2, 0.25) is 0 Å². The van der Waals surface area contributed by atoms with Crippen molar-refractivity contribution in [3.8, 4) is 0 Å². The molecule has 6 nitrogen and oxygen atoms in total. The third-order valence-electron chi connectivity index (χ3n) is 4.92. The lowest BCUT2D eigenvalue weighted by Gasteiger charge is -2.31. The molecule has 1 aromatic heterocycles. The van der Waals surface area contributed by atoms with E-state index < -0.39 is 0 Å². The van der Waals surface area contributed by atoms with E-state index in [-0.39, 0.29) is 35.6 Å². The predicted octanol–water partition coefficient (Wildman–Crippen LogP) is 3.45. The number of aromatic nitrogens is 2. The summed E-state index contributed by atoms with van der Waals surface area (Å²) in [7, 11) is 3.77. The largest absolute Gasteiger partial charge is 0.355 e. The van der Waals surface area contributed by atoms with E-state index in [1.807, 2.05) is 24.7 Å². The van der Waals surface area contributed by atoms with Gasteiger partial charge in [-0.25, -0.2) is 0 Å². The molecule has 0 fully saturated rings. The summed E-state index contributed by atoms with van der Waals surface area (Å²) >= 11 is 0. The van der Waals surface area contributed by atoms with Crippen LogP contribution in [-0.4, -0.2) is 34.9 Å². The zero-order valence-corrected chi connectivity index (χ0v) is 20.5. The maximum absolute atomic E-state index is 4.47. The van der Waals surface area contributed by atoms with Crippen LogP contribution in [0.1, 0.15) is 49.3 Å². The average Bonchev–Trinajstić information content (AvgIpc) is 2.87. The number of guanidine groups is 1. The third kappa shape index (κ3) is 6.77. The quantitative estimate of drug-likeness (QED) is 0.311. The second-order valence-corrected chi connectivity index (χ2v) is 7.71. The second kappa shape index (κ2) is 10.8. The Kier molecular flexibility index (Phi) is 9.43. The van der Waals surface area contributed by atoms with Gasteiger partial charge in [-0.1, -0.05) is 30.3 Å². The Morgan fingerprint density at radius 3 is 2.36 bits per heavy atom. The van der Waals surface area contributed by atoms with E-state index in [9.17, 15) is 0 Å². The van der Waals surface area contributed by atoms with Gasteiger partial charge in [-0.3, -0.25) is 9.67 Å². The summed E-state index contributed by atoms with van der Waals surface area (Å²) in [5.74, 6) is 0.792. The standard InChI is InChI=1S/C21H34N6.HI/c1-15(18-11-9-8-10-12-18)25-21(4,5)14-24-20(22-6)23-13-19-16(2)26-27(7)17(19)3;/h8-12,15,25H,13-14H2,1-7H3,(H2,22,23,24);1H. The molecule has 1 aromatic carbocycles. The lowest BCUT2D eigenvalue weighted by molar-refractivity contribution is 0.345. The maximum atomic E-state index is 4.47. The fourth-order valence-corrected chi connectivity index (χ4v) is 3.23. The highest BCUT2D eigenvalue weighted by atomic mass is 127. The molecule has 0 saturated heterocycles. The van der Waals surface area contributed by atoms with E-state index in [1.165, 1.54) is 16.8 Å². The topological polar surface area (TPSA) is 66.3 Å². The molecule has 3 N–H and O–H groups in total. The first-order valence-electron chi connectivity index (χ1n) is 9.49. The van der Waals surface area contributed by atoms with Gasteiger partial charge in [0.2, 0.25) is 0 Å². The van der Waals surface area contributed by atoms with E-state index in [2.05, 4.69) is 78.0 Å². The van der Waals surface area contributed by atoms with Crippen molar-refractivity contribution < 1.29 is 0 Å². The maximum Gasteiger partial charge on any atom is 0.191 e. The van der Waals surface area contributed by atoms with Crippen molar-refractivity contribution in [3.05, 3.63) is 52.8 Å². The van der Waals surface area contributed by atoms with Crippen molar-refractivity contribution in [1.82, 2.24) is 25.7 Å². The van der Waals surface area contributed by atoms with Crippen molar-refractivity contribution in [3.63, 3.8) is 0 Å². The molecule has 0 spiro atoms. The normalized spacial score (nSPS) is 13.0. The number of aliphatic imine (C=N–C) groups is 1. The smallest absolute Gasteiger partial charge is 0.191 e. The minimum atomic E-state index is -0.0903. The van der Waals surface area contributed by atoms with Gasteiger partial charge >= 0.3 is 0 Å². The minimum Gasteiger partial charge on any atom is -0.355 e. The van der Waals surface area contributed by atoms with Crippen LogP contribution in [0, 0.1) is 13.8 Å². The molecule has 0 aliphatic carbocycles. The van der Waals surface area contributed by atoms with Crippen LogP contribution in [0.5, 0.6) is 0 Å². The third-order valence-corrected chi connectivity index (χ3v) is 4.92. The van der Waals surface area contributed by atoms with Crippen molar-refractivity contribution in [2.75, 3.05) is 13.6 Å². The van der Waals surface area contributed by atoms with E-state index in [4.69, 9.17) is 0 Å². The molecule has 0 aliphatic heterocycles. The van der Waals surface area contributed by atoms with Gasteiger partial charge in [0.25, 0.3) is 0 Å². The van der Waals surface area contributed by atoms with E-state index in [1.54, 1.807) is 7.05 Å². The highest BCUT2D eigenvalue weighted by Crippen LogP contribution is 2.16. The molecule has 0 saturated carbocycles. The number of hydrogen-bond acceptors (Lipinski definition) is 3. The van der Waals surface area contributed by atoms with Crippen molar-refractivity contribution in [2.24, 2.45) is 12.0 Å². The van der Waals surface area contributed by atoms with Gasteiger partial charge in [-0.2, -0.15) is 5.10 Å². The summed E-state index contributed by atoms with van der Waals surface area (Å²) in [5, 5.41) is 15.0. The van der Waals surface area contributed by atoms with Crippen LogP contribution in [0.4, 0.5) is 0 Å². The number of halogens is 1. The molecular weight excluding hydrogens is 463 g/mol. The minimum absolute atomic E-state index is 0. The molecule has 2 aromatic rings. The van der Waals surface area contributed by atoms with E-state index in [0.717, 1.165) is 18.2 Å². The van der Waals surface area contributed by atoms with Gasteiger partial charge in [0.05, 0.1) is 5.69 Å². The Labute approximate surface area is 186 Å². The SMILES string of the molecule is CN=C(NCc1c(C)nn(C)c1C)NCC(C)(C)NC(C)c1ccccc1.I. The Morgan fingerprint density at radius 1 is 1.18 bits per heavy atom. The summed E-state index contributed by atoms with van der Waals surface area (Å²) in [4.78, 5) is 4.35. The first-order chi connectivity index (χ1) is 12.7. The lowest BCUT2D eigenvalue weighted by Crippen LogP contribution is -2.52. The van der Waals surface area contributed by atoms with Crippen LogP contribution in [0.25, 0.3) is 0 Å². The van der Waals surface area contributed by atoms with Crippen LogP contribution >= 0.6 is 24.0 Å². The zero-order chi connectivity index (χ0) is 20.0. The van der Waals surface area contributed by atoms with E-state index in [0.29, 0.717) is 6.54 Å². The number of hydrogen-bond donors (Lipinski definition) is 3. The van der Waals surface area contributed by atoms with Crippen LogP contribution in [0.15, 0.2) is 35.3 Å². The molecule has 1 atom stereocenters. The molecule has 28 heavy (non-hydrogen) atoms. The first-order valence-corrected chi connectivity index (χ1v) is 9.49. The molecule has 0 amide bonds. The molecule has 0 radical (unpaired) electrons. The molecule has 0 bridgehead atoms. The van der Waals surface area contributed by atoms with Crippen LogP contribution in [0.3, 0.4) is 0 Å². The molecule has 1 heterocycles. The Hall–Kier alpha value is -1.61. The van der Waals surface area contributed by atoms with Gasteiger partial charge < -0.3 is 16.0 Å². The number of nitrogens with one attached hydrogen (secondary N) is 3. The molecule has 2 rings (SSSR count). The van der Waals surface area contributed by atoms with Crippen LogP contribution in [-0.2, 0) is 13.6 Å². The first kappa shape index (κ1) is 24.4. The summed E-state index contributed by atoms with van der Waals surface area (Å²) < 4.78 is 1.92. The fourth-order valence-electron chi connectivity index (χ4n) is 3.23. The molecular formula is C21H35IN6. The van der Waals surface area contributed by atoms with Crippen LogP contribution < -0.4 is 16.0 Å². The lowest BCUT2D eigenvalue weighted by atomic mass is 10.0. The highest BCUT2D eigenvalue weighted by Gasteiger charge is 2.21. The van der Waals surface area contributed by atoms with Gasteiger partial charge in [-0.05, 0) is 40.2 Å². The number of benzene rings is 1. The Balaban J connectivity index is 0.00000392. The predicted molar refractivity (Wildman–Crippen MR) is 128 cm³/mol. The van der Waals surface area contributed by atoms with Gasteiger partial charge in [0.1, 0.15) is 0 Å². The van der Waals surface area contributed by atoms with Gasteiger partial charge in [-0.15, -0.1) is 24.0 Å². The summed E-state index contributed by atoms with van der Waals surface area (Å²) in [6, 6.07) is 10.8. The van der Waals surface area contributed by atoms with Gasteiger partial charge in [0, 0.05) is 50.0 Å². The van der Waals surface area contributed by atoms with Gasteiger partial charge in [0.15, 0.2) is 5.96 Å². The second-order valence-electron chi connectivity index (χ2n) is 7.71. The van der Waals surface area contributed by atoms with E-state index >= 15 is 0 Å². The van der Waals surface area contributed by atoms with Crippen molar-refractivity contribution >= 4 is 29.9 Å².